The van der Waals surface area contributed by atoms with Gasteiger partial charge in [0.05, 0.1) is 31.6 Å². The van der Waals surface area contributed by atoms with Crippen LogP contribution in [0.1, 0.15) is 10.4 Å². The van der Waals surface area contributed by atoms with Crippen LogP contribution >= 0.6 is 0 Å². The molecule has 7 nitrogen and oxygen atoms in total. The van der Waals surface area contributed by atoms with Gasteiger partial charge in [0, 0.05) is 19.8 Å². The fourth-order valence-electron chi connectivity index (χ4n) is 2.06. The van der Waals surface area contributed by atoms with Crippen molar-refractivity contribution < 1.29 is 19.7 Å². The fourth-order valence-corrected chi connectivity index (χ4v) is 2.06. The van der Waals surface area contributed by atoms with Crippen LogP contribution in [0.3, 0.4) is 0 Å². The Morgan fingerprint density at radius 1 is 1.45 bits per heavy atom. The second-order valence-corrected chi connectivity index (χ2v) is 4.87. The van der Waals surface area contributed by atoms with Crippen molar-refractivity contribution in [2.75, 3.05) is 27.3 Å². The van der Waals surface area contributed by atoms with Crippen molar-refractivity contribution in [1.29, 1.82) is 0 Å². The Hall–Kier alpha value is -2.38. The summed E-state index contributed by atoms with van der Waals surface area (Å²) in [4.78, 5) is 13.6. The van der Waals surface area contributed by atoms with Gasteiger partial charge >= 0.3 is 0 Å². The van der Waals surface area contributed by atoms with E-state index in [-0.39, 0.29) is 12.5 Å². The number of carbonyl (C=O) groups is 1. The van der Waals surface area contributed by atoms with Crippen LogP contribution in [0.15, 0.2) is 36.7 Å². The number of likely N-dealkylation sites (N-methyl/N-ethyl adjacent to an activating group) is 1. The highest BCUT2D eigenvalue weighted by Crippen LogP contribution is 2.21. The molecule has 7 heteroatoms. The third-order valence-corrected chi connectivity index (χ3v) is 3.20. The molecule has 0 saturated carbocycles. The lowest BCUT2D eigenvalue weighted by Gasteiger charge is -2.18. The summed E-state index contributed by atoms with van der Waals surface area (Å²) in [6.07, 6.45) is 2.09. The zero-order valence-corrected chi connectivity index (χ0v) is 12.5. The first-order chi connectivity index (χ1) is 10.6. The van der Waals surface area contributed by atoms with Crippen LogP contribution in [-0.4, -0.2) is 64.2 Å². The predicted octanol–water partition coefficient (Wildman–Crippen LogP) is 0.306. The van der Waals surface area contributed by atoms with E-state index in [4.69, 9.17) is 9.84 Å². The molecule has 2 N–H and O–H groups in total. The van der Waals surface area contributed by atoms with Crippen LogP contribution in [-0.2, 0) is 0 Å². The Morgan fingerprint density at radius 3 is 2.86 bits per heavy atom. The summed E-state index contributed by atoms with van der Waals surface area (Å²) in [7, 11) is 3.13. The van der Waals surface area contributed by atoms with Crippen LogP contribution in [0.4, 0.5) is 0 Å². The minimum Gasteiger partial charge on any atom is -0.494 e. The van der Waals surface area contributed by atoms with E-state index in [9.17, 15) is 9.90 Å². The average Bonchev–Trinajstić information content (AvgIpc) is 3.03. The van der Waals surface area contributed by atoms with Crippen LogP contribution in [0.2, 0.25) is 0 Å². The monoisotopic (exact) mass is 305 g/mol. The molecule has 22 heavy (non-hydrogen) atoms. The standard InChI is InChI=1S/C15H19N3O4/c1-17(9-12(20)10-19)15(21)11-7-16-18(8-11)13-5-3-4-6-14(13)22-2/h3-8,12,19-20H,9-10H2,1-2H3/t12-/m1/s1. The van der Waals surface area contributed by atoms with E-state index in [2.05, 4.69) is 5.10 Å². The maximum atomic E-state index is 12.2. The molecule has 0 aliphatic carbocycles. The lowest BCUT2D eigenvalue weighted by atomic mass is 10.2. The molecule has 0 aliphatic heterocycles. The Bertz CT molecular complexity index is 641. The fraction of sp³-hybridized carbons (Fsp3) is 0.333. The first kappa shape index (κ1) is 16.0. The van der Waals surface area contributed by atoms with Gasteiger partial charge in [-0.2, -0.15) is 5.10 Å². The lowest BCUT2D eigenvalue weighted by molar-refractivity contribution is 0.0520. The number of hydrogen-bond donors (Lipinski definition) is 2. The zero-order chi connectivity index (χ0) is 16.1. The largest absolute Gasteiger partial charge is 0.494 e. The number of aromatic nitrogens is 2. The number of benzene rings is 1. The Balaban J connectivity index is 2.19. The number of methoxy groups -OCH3 is 1. The number of rotatable bonds is 6. The molecule has 0 aliphatic rings. The lowest BCUT2D eigenvalue weighted by Crippen LogP contribution is -2.35. The average molecular weight is 305 g/mol. The van der Waals surface area contributed by atoms with E-state index >= 15 is 0 Å². The quantitative estimate of drug-likeness (QED) is 0.802. The molecule has 0 unspecified atom stereocenters. The van der Waals surface area contributed by atoms with Gasteiger partial charge in [-0.3, -0.25) is 4.79 Å². The van der Waals surface area contributed by atoms with E-state index in [0.29, 0.717) is 11.3 Å². The summed E-state index contributed by atoms with van der Waals surface area (Å²) in [5.41, 5.74) is 1.11. The summed E-state index contributed by atoms with van der Waals surface area (Å²) in [5.74, 6) is 0.363. The normalized spacial score (nSPS) is 12.0. The van der Waals surface area contributed by atoms with E-state index in [1.165, 1.54) is 11.1 Å². The van der Waals surface area contributed by atoms with Crippen molar-refractivity contribution in [3.8, 4) is 11.4 Å². The second-order valence-electron chi connectivity index (χ2n) is 4.87. The van der Waals surface area contributed by atoms with E-state index in [1.54, 1.807) is 25.0 Å². The molecule has 1 amide bonds. The van der Waals surface area contributed by atoms with Crippen molar-refractivity contribution in [2.24, 2.45) is 0 Å². The SMILES string of the molecule is COc1ccccc1-n1cc(C(=O)N(C)C[C@@H](O)CO)cn1. The highest BCUT2D eigenvalue weighted by Gasteiger charge is 2.17. The van der Waals surface area contributed by atoms with E-state index in [0.717, 1.165) is 5.69 Å². The molecule has 118 valence electrons. The van der Waals surface area contributed by atoms with Gasteiger partial charge in [0.1, 0.15) is 11.4 Å². The number of ether oxygens (including phenoxy) is 1. The van der Waals surface area contributed by atoms with Gasteiger partial charge in [-0.15, -0.1) is 0 Å². The maximum absolute atomic E-state index is 12.2. The smallest absolute Gasteiger partial charge is 0.256 e. The molecule has 0 bridgehead atoms. The first-order valence-electron chi connectivity index (χ1n) is 6.79. The van der Waals surface area contributed by atoms with Crippen LogP contribution < -0.4 is 4.74 Å². The Labute approximate surface area is 128 Å². The van der Waals surface area contributed by atoms with Gasteiger partial charge in [-0.25, -0.2) is 4.68 Å². The summed E-state index contributed by atoms with van der Waals surface area (Å²) in [6, 6.07) is 7.34. The van der Waals surface area contributed by atoms with Gasteiger partial charge in [0.2, 0.25) is 0 Å². The molecule has 0 fully saturated rings. The third-order valence-electron chi connectivity index (χ3n) is 3.20. The topological polar surface area (TPSA) is 87.8 Å². The van der Waals surface area contributed by atoms with Crippen molar-refractivity contribution in [2.45, 2.75) is 6.10 Å². The number of para-hydroxylation sites is 2. The van der Waals surface area contributed by atoms with Crippen molar-refractivity contribution in [3.63, 3.8) is 0 Å². The second kappa shape index (κ2) is 7.06. The molecule has 0 radical (unpaired) electrons. The van der Waals surface area contributed by atoms with Crippen LogP contribution in [0.25, 0.3) is 5.69 Å². The van der Waals surface area contributed by atoms with E-state index < -0.39 is 12.7 Å². The van der Waals surface area contributed by atoms with Gasteiger partial charge in [0.15, 0.2) is 0 Å². The molecule has 2 rings (SSSR count). The van der Waals surface area contributed by atoms with Gasteiger partial charge in [-0.1, -0.05) is 12.1 Å². The third kappa shape index (κ3) is 3.44. The molecule has 1 heterocycles. The van der Waals surface area contributed by atoms with E-state index in [1.807, 2.05) is 24.3 Å². The van der Waals surface area contributed by atoms with Crippen molar-refractivity contribution in [3.05, 3.63) is 42.2 Å². The summed E-state index contributed by atoms with van der Waals surface area (Å²) < 4.78 is 6.83. The number of carbonyl (C=O) groups excluding carboxylic acids is 1. The minimum absolute atomic E-state index is 0.0508. The highest BCUT2D eigenvalue weighted by molar-refractivity contribution is 5.93. The van der Waals surface area contributed by atoms with Gasteiger partial charge in [-0.05, 0) is 12.1 Å². The minimum atomic E-state index is -0.960. The van der Waals surface area contributed by atoms with Gasteiger partial charge < -0.3 is 19.8 Å². The van der Waals surface area contributed by atoms with Crippen molar-refractivity contribution in [1.82, 2.24) is 14.7 Å². The first-order valence-corrected chi connectivity index (χ1v) is 6.79. The zero-order valence-electron chi connectivity index (χ0n) is 12.5. The summed E-state index contributed by atoms with van der Waals surface area (Å²) in [6.45, 7) is -0.340. The van der Waals surface area contributed by atoms with Crippen LogP contribution in [0.5, 0.6) is 5.75 Å². The number of nitrogens with zero attached hydrogens (tertiary/aromatic N) is 3. The molecule has 1 aromatic carbocycles. The summed E-state index contributed by atoms with van der Waals surface area (Å²) >= 11 is 0. The van der Waals surface area contributed by atoms with Crippen LogP contribution in [0, 0.1) is 0 Å². The van der Waals surface area contributed by atoms with Crippen molar-refractivity contribution >= 4 is 5.91 Å². The molecule has 1 atom stereocenters. The molecular formula is C15H19N3O4. The maximum Gasteiger partial charge on any atom is 0.256 e. The molecule has 0 saturated heterocycles. The number of aliphatic hydroxyl groups excluding tert-OH is 2. The number of amides is 1. The van der Waals surface area contributed by atoms with Gasteiger partial charge in [0.25, 0.3) is 5.91 Å². The molecule has 1 aromatic heterocycles. The number of aliphatic hydroxyl groups is 2. The summed E-state index contributed by atoms with van der Waals surface area (Å²) in [5, 5.41) is 22.4. The molecule has 2 aromatic rings. The highest BCUT2D eigenvalue weighted by atomic mass is 16.5. The Morgan fingerprint density at radius 2 is 2.18 bits per heavy atom. The molecule has 0 spiro atoms. The molecular weight excluding hydrogens is 286 g/mol. The Kier molecular flexibility index (Phi) is 5.13. The predicted molar refractivity (Wildman–Crippen MR) is 80.2 cm³/mol. The number of hydrogen-bond acceptors (Lipinski definition) is 5.